The molecule has 0 unspecified atom stereocenters. The molecular formula is C15H27N3. The number of hydrogen-bond acceptors (Lipinski definition) is 2. The third kappa shape index (κ3) is 6.28. The van der Waals surface area contributed by atoms with Crippen LogP contribution in [0.25, 0.3) is 0 Å². The molecule has 1 aliphatic carbocycles. The van der Waals surface area contributed by atoms with E-state index in [1.165, 1.54) is 25.7 Å². The average molecular weight is 249 g/mol. The Morgan fingerprint density at radius 3 is 2.28 bits per heavy atom. The topological polar surface area (TPSA) is 41.6 Å². The molecule has 0 aromatic heterocycles. The molecule has 1 saturated carbocycles. The third-order valence-corrected chi connectivity index (χ3v) is 2.81. The van der Waals surface area contributed by atoms with E-state index in [2.05, 4.69) is 18.2 Å². The average Bonchev–Trinajstić information content (AvgIpc) is 2.85. The van der Waals surface area contributed by atoms with Crippen LogP contribution in [0.2, 0.25) is 0 Å². The van der Waals surface area contributed by atoms with Crippen molar-refractivity contribution in [3.8, 4) is 0 Å². The Morgan fingerprint density at radius 1 is 1.28 bits per heavy atom. The Labute approximate surface area is 112 Å². The van der Waals surface area contributed by atoms with Gasteiger partial charge in [-0.1, -0.05) is 18.9 Å². The molecule has 102 valence electrons. The van der Waals surface area contributed by atoms with Gasteiger partial charge in [-0.2, -0.15) is 0 Å². The minimum atomic E-state index is 0.447. The Balaban J connectivity index is 0.00000137. The van der Waals surface area contributed by atoms with Gasteiger partial charge in [-0.05, 0) is 32.0 Å². The molecular weight excluding hydrogens is 222 g/mol. The van der Waals surface area contributed by atoms with Gasteiger partial charge in [0.1, 0.15) is 5.84 Å². The molecule has 1 aliphatic rings. The van der Waals surface area contributed by atoms with Crippen LogP contribution in [0.4, 0.5) is 0 Å². The molecule has 0 spiro atoms. The van der Waals surface area contributed by atoms with Gasteiger partial charge in [0.05, 0.1) is 6.04 Å². The normalized spacial score (nSPS) is 17.7. The molecule has 18 heavy (non-hydrogen) atoms. The van der Waals surface area contributed by atoms with Gasteiger partial charge in [0.15, 0.2) is 0 Å². The molecule has 0 amide bonds. The van der Waals surface area contributed by atoms with Crippen LogP contribution >= 0.6 is 0 Å². The van der Waals surface area contributed by atoms with E-state index < -0.39 is 0 Å². The van der Waals surface area contributed by atoms with Crippen LogP contribution in [0.15, 0.2) is 42.1 Å². The Bertz CT molecular complexity index is 308. The maximum absolute atomic E-state index is 6.01. The van der Waals surface area contributed by atoms with E-state index in [0.29, 0.717) is 11.9 Å². The second-order valence-corrected chi connectivity index (χ2v) is 4.48. The molecule has 0 atom stereocenters. The summed E-state index contributed by atoms with van der Waals surface area (Å²) < 4.78 is 0. The number of nitrogens with zero attached hydrogens (tertiary/aromatic N) is 2. The van der Waals surface area contributed by atoms with Gasteiger partial charge in [-0.15, -0.1) is 13.2 Å². The van der Waals surface area contributed by atoms with Gasteiger partial charge >= 0.3 is 0 Å². The van der Waals surface area contributed by atoms with Gasteiger partial charge < -0.3 is 10.6 Å². The van der Waals surface area contributed by atoms with E-state index >= 15 is 0 Å². The first-order valence-corrected chi connectivity index (χ1v) is 6.48. The molecule has 0 radical (unpaired) electrons. The first-order chi connectivity index (χ1) is 8.63. The predicted molar refractivity (Wildman–Crippen MR) is 81.7 cm³/mol. The summed E-state index contributed by atoms with van der Waals surface area (Å²) in [5.41, 5.74) is 7.02. The SMILES string of the molecule is C/C=C(/C=C/N(C)C)C(N)=NC1CCCC1.C=C. The fraction of sp³-hybridized carbons (Fsp3) is 0.533. The van der Waals surface area contributed by atoms with Crippen LogP contribution in [-0.2, 0) is 0 Å². The lowest BCUT2D eigenvalue weighted by molar-refractivity contribution is 0.563. The van der Waals surface area contributed by atoms with Crippen molar-refractivity contribution in [1.29, 1.82) is 0 Å². The summed E-state index contributed by atoms with van der Waals surface area (Å²) in [5, 5.41) is 0. The molecule has 0 aliphatic heterocycles. The quantitative estimate of drug-likeness (QED) is 0.360. The van der Waals surface area contributed by atoms with Crippen molar-refractivity contribution < 1.29 is 0 Å². The number of rotatable bonds is 4. The van der Waals surface area contributed by atoms with Crippen LogP contribution in [0.1, 0.15) is 32.6 Å². The number of aliphatic imine (C=N–C) groups is 1. The number of hydrogen-bond donors (Lipinski definition) is 1. The van der Waals surface area contributed by atoms with Crippen molar-refractivity contribution in [1.82, 2.24) is 4.90 Å². The highest BCUT2D eigenvalue weighted by molar-refractivity contribution is 5.99. The van der Waals surface area contributed by atoms with E-state index in [9.17, 15) is 0 Å². The summed E-state index contributed by atoms with van der Waals surface area (Å²) in [6.45, 7) is 7.99. The molecule has 0 aromatic rings. The minimum absolute atomic E-state index is 0.447. The monoisotopic (exact) mass is 249 g/mol. The largest absolute Gasteiger partial charge is 0.384 e. The zero-order chi connectivity index (χ0) is 14.0. The van der Waals surface area contributed by atoms with Crippen LogP contribution < -0.4 is 5.73 Å². The number of nitrogens with two attached hydrogens (primary N) is 1. The van der Waals surface area contributed by atoms with E-state index in [1.54, 1.807) is 0 Å². The van der Waals surface area contributed by atoms with Crippen molar-refractivity contribution in [3.05, 3.63) is 37.1 Å². The lowest BCUT2D eigenvalue weighted by Gasteiger charge is -2.08. The lowest BCUT2D eigenvalue weighted by Crippen LogP contribution is -2.17. The summed E-state index contributed by atoms with van der Waals surface area (Å²) in [4.78, 5) is 6.57. The molecule has 0 heterocycles. The van der Waals surface area contributed by atoms with Crippen molar-refractivity contribution in [3.63, 3.8) is 0 Å². The Kier molecular flexibility index (Phi) is 8.71. The minimum Gasteiger partial charge on any atom is -0.384 e. The zero-order valence-electron chi connectivity index (χ0n) is 12.0. The second-order valence-electron chi connectivity index (χ2n) is 4.48. The van der Waals surface area contributed by atoms with E-state index in [-0.39, 0.29) is 0 Å². The third-order valence-electron chi connectivity index (χ3n) is 2.81. The van der Waals surface area contributed by atoms with Gasteiger partial charge in [-0.3, -0.25) is 4.99 Å². The van der Waals surface area contributed by atoms with Crippen LogP contribution in [0, 0.1) is 0 Å². The maximum Gasteiger partial charge on any atom is 0.125 e. The molecule has 0 saturated heterocycles. The van der Waals surface area contributed by atoms with Crippen molar-refractivity contribution >= 4 is 5.84 Å². The standard InChI is InChI=1S/C13H23N3.C2H4/c1-4-11(9-10-16(2)3)13(14)15-12-7-5-6-8-12;1-2/h4,9-10,12H,5-8H2,1-3H3,(H2,14,15);1-2H2/b10-9+,11-4-;. The lowest BCUT2D eigenvalue weighted by atomic mass is 10.2. The van der Waals surface area contributed by atoms with Crippen LogP contribution in [0.3, 0.4) is 0 Å². The molecule has 1 fully saturated rings. The van der Waals surface area contributed by atoms with Crippen molar-refractivity contribution in [2.45, 2.75) is 38.6 Å². The highest BCUT2D eigenvalue weighted by Crippen LogP contribution is 2.21. The van der Waals surface area contributed by atoms with Crippen LogP contribution in [-0.4, -0.2) is 30.9 Å². The number of amidine groups is 1. The van der Waals surface area contributed by atoms with E-state index in [1.807, 2.05) is 44.3 Å². The first-order valence-electron chi connectivity index (χ1n) is 6.48. The summed E-state index contributed by atoms with van der Waals surface area (Å²) >= 11 is 0. The summed E-state index contributed by atoms with van der Waals surface area (Å²) in [5.74, 6) is 0.674. The summed E-state index contributed by atoms with van der Waals surface area (Å²) in [7, 11) is 3.99. The van der Waals surface area contributed by atoms with Crippen LogP contribution in [0.5, 0.6) is 0 Å². The van der Waals surface area contributed by atoms with Crippen molar-refractivity contribution in [2.75, 3.05) is 14.1 Å². The first kappa shape index (κ1) is 16.5. The van der Waals surface area contributed by atoms with Gasteiger partial charge in [-0.25, -0.2) is 0 Å². The number of allylic oxidation sites excluding steroid dienone is 1. The summed E-state index contributed by atoms with van der Waals surface area (Å²) in [6, 6.07) is 0.447. The van der Waals surface area contributed by atoms with E-state index in [4.69, 9.17) is 5.73 Å². The summed E-state index contributed by atoms with van der Waals surface area (Å²) in [6.07, 6.45) is 11.0. The molecule has 0 aromatic carbocycles. The Hall–Kier alpha value is -1.51. The second kappa shape index (κ2) is 9.51. The zero-order valence-corrected chi connectivity index (χ0v) is 12.0. The molecule has 1 rings (SSSR count). The Morgan fingerprint density at radius 2 is 1.83 bits per heavy atom. The molecule has 2 N–H and O–H groups in total. The molecule has 3 nitrogen and oxygen atoms in total. The van der Waals surface area contributed by atoms with E-state index in [0.717, 1.165) is 5.57 Å². The molecule has 0 bridgehead atoms. The fourth-order valence-electron chi connectivity index (χ4n) is 1.86. The van der Waals surface area contributed by atoms with Crippen molar-refractivity contribution in [2.24, 2.45) is 10.7 Å². The highest BCUT2D eigenvalue weighted by atomic mass is 15.0. The van der Waals surface area contributed by atoms with Gasteiger partial charge in [0, 0.05) is 19.7 Å². The smallest absolute Gasteiger partial charge is 0.125 e. The highest BCUT2D eigenvalue weighted by Gasteiger charge is 2.14. The van der Waals surface area contributed by atoms with Gasteiger partial charge in [0.2, 0.25) is 0 Å². The molecule has 3 heteroatoms. The van der Waals surface area contributed by atoms with Gasteiger partial charge in [0.25, 0.3) is 0 Å². The maximum atomic E-state index is 6.01. The predicted octanol–water partition coefficient (Wildman–Crippen LogP) is 3.11. The fourth-order valence-corrected chi connectivity index (χ4v) is 1.86.